The zero-order valence-electron chi connectivity index (χ0n) is 20.2. The third-order valence-electron chi connectivity index (χ3n) is 5.52. The van der Waals surface area contributed by atoms with Gasteiger partial charge in [-0.3, -0.25) is 4.79 Å². The molecule has 6 nitrogen and oxygen atoms in total. The van der Waals surface area contributed by atoms with Crippen molar-refractivity contribution in [3.05, 3.63) is 106 Å². The molecule has 0 fully saturated rings. The number of benzene rings is 3. The number of nitrogens with one attached hydrogen (secondary N) is 1. The van der Waals surface area contributed by atoms with Crippen molar-refractivity contribution in [3.8, 4) is 0 Å². The van der Waals surface area contributed by atoms with Crippen LogP contribution in [0.1, 0.15) is 51.7 Å². The molecule has 3 aromatic rings. The van der Waals surface area contributed by atoms with Crippen LogP contribution >= 0.6 is 23.2 Å². The highest BCUT2D eigenvalue weighted by Crippen LogP contribution is 2.29. The second kappa shape index (κ2) is 13.2. The molecule has 0 aliphatic rings. The summed E-state index contributed by atoms with van der Waals surface area (Å²) >= 11 is 12.3. The van der Waals surface area contributed by atoms with E-state index in [-0.39, 0.29) is 28.6 Å². The lowest BCUT2D eigenvalue weighted by atomic mass is 9.99. The molecule has 0 saturated carbocycles. The Balaban J connectivity index is 1.87. The molecule has 3 aromatic carbocycles. The fourth-order valence-electron chi connectivity index (χ4n) is 3.60. The van der Waals surface area contributed by atoms with Crippen molar-refractivity contribution in [1.29, 1.82) is 0 Å². The molecule has 0 spiro atoms. The molecule has 2 unspecified atom stereocenters. The van der Waals surface area contributed by atoms with Gasteiger partial charge in [-0.1, -0.05) is 61.8 Å². The van der Waals surface area contributed by atoms with Gasteiger partial charge >= 0.3 is 11.9 Å². The van der Waals surface area contributed by atoms with Crippen molar-refractivity contribution < 1.29 is 28.2 Å². The van der Waals surface area contributed by atoms with Gasteiger partial charge in [0.25, 0.3) is 5.91 Å². The minimum absolute atomic E-state index is 0.0644. The number of esters is 2. The second-order valence-corrected chi connectivity index (χ2v) is 9.23. The van der Waals surface area contributed by atoms with Gasteiger partial charge in [-0.05, 0) is 53.4 Å². The third-order valence-corrected chi connectivity index (χ3v) is 6.12. The van der Waals surface area contributed by atoms with Crippen LogP contribution in [0.15, 0.2) is 72.8 Å². The summed E-state index contributed by atoms with van der Waals surface area (Å²) in [6, 6.07) is 17.8. The molecule has 0 radical (unpaired) electrons. The highest BCUT2D eigenvalue weighted by atomic mass is 35.5. The molecular formula is C28H26Cl2FNO5. The first-order valence-corrected chi connectivity index (χ1v) is 12.4. The van der Waals surface area contributed by atoms with E-state index in [0.717, 1.165) is 6.07 Å². The van der Waals surface area contributed by atoms with Crippen LogP contribution in [0.4, 0.5) is 4.39 Å². The number of hydrogen-bond donors (Lipinski definition) is 1. The van der Waals surface area contributed by atoms with Gasteiger partial charge in [-0.25, -0.2) is 14.0 Å². The molecule has 9 heteroatoms. The molecule has 37 heavy (non-hydrogen) atoms. The van der Waals surface area contributed by atoms with Crippen LogP contribution in [0, 0.1) is 11.7 Å². The molecule has 0 aliphatic heterocycles. The van der Waals surface area contributed by atoms with Gasteiger partial charge in [-0.2, -0.15) is 0 Å². The van der Waals surface area contributed by atoms with E-state index < -0.39 is 41.7 Å². The summed E-state index contributed by atoms with van der Waals surface area (Å²) in [5, 5.41) is 2.79. The van der Waals surface area contributed by atoms with E-state index in [0.29, 0.717) is 11.1 Å². The van der Waals surface area contributed by atoms with Crippen LogP contribution in [0.5, 0.6) is 0 Å². The lowest BCUT2D eigenvalue weighted by Gasteiger charge is -2.26. The summed E-state index contributed by atoms with van der Waals surface area (Å²) in [4.78, 5) is 38.5. The van der Waals surface area contributed by atoms with Crippen LogP contribution in [0.25, 0.3) is 0 Å². The lowest BCUT2D eigenvalue weighted by Crippen LogP contribution is -2.44. The summed E-state index contributed by atoms with van der Waals surface area (Å²) < 4.78 is 25.3. The molecule has 194 valence electrons. The van der Waals surface area contributed by atoms with Crippen molar-refractivity contribution in [3.63, 3.8) is 0 Å². The summed E-state index contributed by atoms with van der Waals surface area (Å²) in [5.41, 5.74) is 1.20. The number of amides is 1. The maximum Gasteiger partial charge on any atom is 0.338 e. The van der Waals surface area contributed by atoms with Gasteiger partial charge in [0, 0.05) is 10.9 Å². The highest BCUT2D eigenvalue weighted by Gasteiger charge is 2.31. The van der Waals surface area contributed by atoms with Gasteiger partial charge in [0.15, 0.2) is 6.10 Å². The molecule has 0 bridgehead atoms. The number of carbonyl (C=O) groups is 3. The standard InChI is InChI=1S/C28H26Cl2FNO5/c1-17(2)25(37-28(35)19-11-7-4-8-12-19)26(33)32-24(16-36-27(34)18-9-5-3-6-10-18)21-13-20(31)14-23(30)22(21)15-29/h3-14,17,24-25H,15-16H2,1-2H3,(H,32,33). The Hall–Kier alpha value is -3.42. The summed E-state index contributed by atoms with van der Waals surface area (Å²) in [5.74, 6) is -3.09. The van der Waals surface area contributed by atoms with Crippen LogP contribution in [-0.2, 0) is 20.1 Å². The maximum atomic E-state index is 14.3. The van der Waals surface area contributed by atoms with Crippen molar-refractivity contribution in [2.75, 3.05) is 6.61 Å². The predicted octanol–water partition coefficient (Wildman–Crippen LogP) is 6.11. The van der Waals surface area contributed by atoms with E-state index in [9.17, 15) is 18.8 Å². The molecule has 0 saturated heterocycles. The third kappa shape index (κ3) is 7.54. The monoisotopic (exact) mass is 545 g/mol. The molecular weight excluding hydrogens is 520 g/mol. The molecule has 2 atom stereocenters. The Bertz CT molecular complexity index is 1240. The van der Waals surface area contributed by atoms with Crippen LogP contribution in [0.2, 0.25) is 5.02 Å². The van der Waals surface area contributed by atoms with Gasteiger partial charge < -0.3 is 14.8 Å². The summed E-state index contributed by atoms with van der Waals surface area (Å²) in [7, 11) is 0. The normalized spacial score (nSPS) is 12.5. The van der Waals surface area contributed by atoms with E-state index in [4.69, 9.17) is 32.7 Å². The lowest BCUT2D eigenvalue weighted by molar-refractivity contribution is -0.133. The smallest absolute Gasteiger partial charge is 0.338 e. The average molecular weight is 546 g/mol. The average Bonchev–Trinajstić information content (AvgIpc) is 2.89. The quantitative estimate of drug-likeness (QED) is 0.245. The fraction of sp³-hybridized carbons (Fsp3) is 0.250. The number of alkyl halides is 1. The molecule has 0 aromatic heterocycles. The minimum atomic E-state index is -1.18. The van der Waals surface area contributed by atoms with Gasteiger partial charge in [0.05, 0.1) is 17.2 Å². The maximum absolute atomic E-state index is 14.3. The van der Waals surface area contributed by atoms with Crippen LogP contribution in [-0.4, -0.2) is 30.6 Å². The Kier molecular flexibility index (Phi) is 10.1. The van der Waals surface area contributed by atoms with Gasteiger partial charge in [-0.15, -0.1) is 11.6 Å². The first-order chi connectivity index (χ1) is 17.7. The predicted molar refractivity (Wildman–Crippen MR) is 139 cm³/mol. The Labute approximate surface area is 224 Å². The van der Waals surface area contributed by atoms with Crippen molar-refractivity contribution >= 4 is 41.0 Å². The van der Waals surface area contributed by atoms with E-state index in [2.05, 4.69) is 5.32 Å². The van der Waals surface area contributed by atoms with Crippen molar-refractivity contribution in [1.82, 2.24) is 5.32 Å². The topological polar surface area (TPSA) is 81.7 Å². The zero-order valence-corrected chi connectivity index (χ0v) is 21.8. The van der Waals surface area contributed by atoms with Crippen LogP contribution in [0.3, 0.4) is 0 Å². The first-order valence-electron chi connectivity index (χ1n) is 11.5. The SMILES string of the molecule is CC(C)C(OC(=O)c1ccccc1)C(=O)NC(COC(=O)c1ccccc1)c1cc(F)cc(Cl)c1CCl. The molecule has 0 aliphatic carbocycles. The largest absolute Gasteiger partial charge is 0.460 e. The summed E-state index contributed by atoms with van der Waals surface area (Å²) in [6.45, 7) is 3.09. The van der Waals surface area contributed by atoms with E-state index in [1.165, 1.54) is 6.07 Å². The molecule has 3 rings (SSSR count). The second-order valence-electron chi connectivity index (χ2n) is 8.55. The number of ether oxygens (including phenoxy) is 2. The Morgan fingerprint density at radius 1 is 0.919 bits per heavy atom. The molecule has 1 N–H and O–H groups in total. The highest BCUT2D eigenvalue weighted by molar-refractivity contribution is 6.32. The van der Waals surface area contributed by atoms with Crippen LogP contribution < -0.4 is 5.32 Å². The number of hydrogen-bond acceptors (Lipinski definition) is 5. The number of halogens is 3. The minimum Gasteiger partial charge on any atom is -0.460 e. The molecule has 1 amide bonds. The van der Waals surface area contributed by atoms with E-state index >= 15 is 0 Å². The Morgan fingerprint density at radius 3 is 2.03 bits per heavy atom. The van der Waals surface area contributed by atoms with Crippen molar-refractivity contribution in [2.24, 2.45) is 5.92 Å². The zero-order chi connectivity index (χ0) is 26.9. The molecule has 0 heterocycles. The van der Waals surface area contributed by atoms with E-state index in [1.807, 2.05) is 0 Å². The number of carbonyl (C=O) groups excluding carboxylic acids is 3. The first kappa shape index (κ1) is 28.2. The fourth-order valence-corrected chi connectivity index (χ4v) is 4.25. The van der Waals surface area contributed by atoms with E-state index in [1.54, 1.807) is 74.5 Å². The van der Waals surface area contributed by atoms with Crippen molar-refractivity contribution in [2.45, 2.75) is 31.9 Å². The van der Waals surface area contributed by atoms with Gasteiger partial charge in [0.1, 0.15) is 12.4 Å². The summed E-state index contributed by atoms with van der Waals surface area (Å²) in [6.07, 6.45) is -1.18. The van der Waals surface area contributed by atoms with Gasteiger partial charge in [0.2, 0.25) is 0 Å². The Morgan fingerprint density at radius 2 is 1.49 bits per heavy atom. The number of rotatable bonds is 10.